The van der Waals surface area contributed by atoms with Gasteiger partial charge in [-0.2, -0.15) is 0 Å². The molecule has 1 N–H and O–H groups in total. The molecule has 2 aromatic rings. The molecular weight excluding hydrogens is 418 g/mol. The van der Waals surface area contributed by atoms with E-state index in [1.54, 1.807) is 6.92 Å². The number of carbonyl (C=O) groups is 2. The first kappa shape index (κ1) is 24.3. The van der Waals surface area contributed by atoms with E-state index < -0.39 is 23.8 Å². The first-order chi connectivity index (χ1) is 15.5. The van der Waals surface area contributed by atoms with Crippen molar-refractivity contribution in [1.82, 2.24) is 4.90 Å². The van der Waals surface area contributed by atoms with E-state index in [2.05, 4.69) is 11.8 Å². The van der Waals surface area contributed by atoms with Crippen LogP contribution in [-0.2, 0) is 27.4 Å². The Bertz CT molecular complexity index is 1120. The zero-order chi connectivity index (χ0) is 24.3. The summed E-state index contributed by atoms with van der Waals surface area (Å²) in [5, 5.41) is 9.58. The molecule has 3 rings (SSSR count). The molecule has 0 fully saturated rings. The number of benzene rings is 2. The van der Waals surface area contributed by atoms with Crippen LogP contribution in [0.15, 0.2) is 30.3 Å². The van der Waals surface area contributed by atoms with Crippen molar-refractivity contribution in [2.24, 2.45) is 0 Å². The smallest absolute Gasteiger partial charge is 0.407 e. The summed E-state index contributed by atoms with van der Waals surface area (Å²) < 4.78 is 11.6. The standard InChI is InChI=1S/C27H31NO5/c1-7-32-25(29)24(33-27(4,5)6)23-18(3)22-16-28(26(30)31)15-21(22)17(2)20(23)14-13-19-11-9-8-10-12-19/h8-12,24H,7,15-16H2,1-6H3,(H,30,31)/t24-/m0/s1. The third-order valence-electron chi connectivity index (χ3n) is 5.63. The van der Waals surface area contributed by atoms with E-state index in [9.17, 15) is 14.7 Å². The molecule has 1 amide bonds. The molecule has 1 heterocycles. The predicted octanol–water partition coefficient (Wildman–Crippen LogP) is 5.12. The number of carbonyl (C=O) groups excluding carboxylic acids is 1. The fraction of sp³-hybridized carbons (Fsp3) is 0.407. The number of nitrogens with zero attached hydrogens (tertiary/aromatic N) is 1. The van der Waals surface area contributed by atoms with E-state index >= 15 is 0 Å². The molecule has 1 aliphatic rings. The second kappa shape index (κ2) is 9.68. The van der Waals surface area contributed by atoms with Crippen molar-refractivity contribution in [2.45, 2.75) is 66.3 Å². The fourth-order valence-corrected chi connectivity index (χ4v) is 4.10. The van der Waals surface area contributed by atoms with Crippen LogP contribution in [0.5, 0.6) is 0 Å². The van der Waals surface area contributed by atoms with Crippen LogP contribution in [0, 0.1) is 25.7 Å². The van der Waals surface area contributed by atoms with Crippen molar-refractivity contribution in [2.75, 3.05) is 6.61 Å². The topological polar surface area (TPSA) is 76.1 Å². The Balaban J connectivity index is 2.27. The van der Waals surface area contributed by atoms with Crippen molar-refractivity contribution in [1.29, 1.82) is 0 Å². The number of hydrogen-bond acceptors (Lipinski definition) is 4. The molecule has 0 aliphatic carbocycles. The number of ether oxygens (including phenoxy) is 2. The van der Waals surface area contributed by atoms with Gasteiger partial charge in [0.1, 0.15) is 0 Å². The fourth-order valence-electron chi connectivity index (χ4n) is 4.10. The average Bonchev–Trinajstić information content (AvgIpc) is 3.21. The van der Waals surface area contributed by atoms with Gasteiger partial charge in [-0.3, -0.25) is 4.90 Å². The Labute approximate surface area is 195 Å². The monoisotopic (exact) mass is 449 g/mol. The number of carboxylic acid groups (broad SMARTS) is 1. The summed E-state index contributed by atoms with van der Waals surface area (Å²) in [6.07, 6.45) is -1.95. The van der Waals surface area contributed by atoms with Crippen LogP contribution < -0.4 is 0 Å². The lowest BCUT2D eigenvalue weighted by Crippen LogP contribution is -2.30. The zero-order valence-corrected chi connectivity index (χ0v) is 20.1. The first-order valence-corrected chi connectivity index (χ1v) is 11.1. The van der Waals surface area contributed by atoms with Crippen LogP contribution in [-0.4, -0.2) is 34.3 Å². The molecule has 0 radical (unpaired) electrons. The van der Waals surface area contributed by atoms with Crippen molar-refractivity contribution < 1.29 is 24.2 Å². The number of esters is 1. The molecule has 0 saturated heterocycles. The number of amides is 1. The highest BCUT2D eigenvalue weighted by atomic mass is 16.6. The molecule has 2 aromatic carbocycles. The van der Waals surface area contributed by atoms with Gasteiger partial charge in [-0.1, -0.05) is 30.0 Å². The second-order valence-electron chi connectivity index (χ2n) is 9.11. The third kappa shape index (κ3) is 5.37. The lowest BCUT2D eigenvalue weighted by Gasteiger charge is -2.29. The predicted molar refractivity (Wildman–Crippen MR) is 126 cm³/mol. The summed E-state index contributed by atoms with van der Waals surface area (Å²) in [6.45, 7) is 12.0. The molecule has 33 heavy (non-hydrogen) atoms. The zero-order valence-electron chi connectivity index (χ0n) is 20.1. The van der Waals surface area contributed by atoms with Gasteiger partial charge in [0.2, 0.25) is 0 Å². The normalized spacial score (nSPS) is 13.7. The first-order valence-electron chi connectivity index (χ1n) is 11.1. The van der Waals surface area contributed by atoms with Crippen molar-refractivity contribution >= 4 is 12.1 Å². The second-order valence-corrected chi connectivity index (χ2v) is 9.11. The minimum absolute atomic E-state index is 0.226. The van der Waals surface area contributed by atoms with E-state index in [0.717, 1.165) is 27.8 Å². The van der Waals surface area contributed by atoms with Crippen LogP contribution in [0.3, 0.4) is 0 Å². The van der Waals surface area contributed by atoms with Gasteiger partial charge in [-0.05, 0) is 75.9 Å². The lowest BCUT2D eigenvalue weighted by atomic mass is 9.86. The van der Waals surface area contributed by atoms with Gasteiger partial charge in [0.05, 0.1) is 18.8 Å². The quantitative estimate of drug-likeness (QED) is 0.518. The summed E-state index contributed by atoms with van der Waals surface area (Å²) in [7, 11) is 0. The number of hydrogen-bond donors (Lipinski definition) is 1. The Morgan fingerprint density at radius 2 is 1.67 bits per heavy atom. The van der Waals surface area contributed by atoms with Gasteiger partial charge < -0.3 is 14.6 Å². The summed E-state index contributed by atoms with van der Waals surface area (Å²) in [6, 6.07) is 9.60. The van der Waals surface area contributed by atoms with E-state index in [-0.39, 0.29) is 13.2 Å². The van der Waals surface area contributed by atoms with Crippen molar-refractivity contribution in [3.8, 4) is 11.8 Å². The maximum Gasteiger partial charge on any atom is 0.407 e. The largest absolute Gasteiger partial charge is 0.465 e. The van der Waals surface area contributed by atoms with Gasteiger partial charge in [0, 0.05) is 23.2 Å². The van der Waals surface area contributed by atoms with E-state index in [1.807, 2.05) is 65.0 Å². The number of rotatable bonds is 4. The minimum atomic E-state index is -0.979. The van der Waals surface area contributed by atoms with E-state index in [1.165, 1.54) is 4.90 Å². The summed E-state index contributed by atoms with van der Waals surface area (Å²) in [5.74, 6) is 5.99. The van der Waals surface area contributed by atoms with Gasteiger partial charge in [0.15, 0.2) is 6.10 Å². The maximum atomic E-state index is 13.1. The molecular formula is C27H31NO5. The molecule has 174 valence electrons. The van der Waals surface area contributed by atoms with Crippen LogP contribution in [0.4, 0.5) is 4.79 Å². The minimum Gasteiger partial charge on any atom is -0.465 e. The Morgan fingerprint density at radius 3 is 2.21 bits per heavy atom. The van der Waals surface area contributed by atoms with Crippen molar-refractivity contribution in [3.05, 3.63) is 69.3 Å². The van der Waals surface area contributed by atoms with Crippen LogP contribution in [0.2, 0.25) is 0 Å². The molecule has 1 atom stereocenters. The Morgan fingerprint density at radius 1 is 1.06 bits per heavy atom. The van der Waals surface area contributed by atoms with Crippen LogP contribution in [0.25, 0.3) is 0 Å². The van der Waals surface area contributed by atoms with E-state index in [0.29, 0.717) is 17.7 Å². The van der Waals surface area contributed by atoms with E-state index in [4.69, 9.17) is 9.47 Å². The highest BCUT2D eigenvalue weighted by Gasteiger charge is 2.36. The third-order valence-corrected chi connectivity index (χ3v) is 5.63. The molecule has 0 saturated carbocycles. The van der Waals surface area contributed by atoms with Crippen LogP contribution in [0.1, 0.15) is 72.7 Å². The van der Waals surface area contributed by atoms with Crippen LogP contribution >= 0.6 is 0 Å². The van der Waals surface area contributed by atoms with Gasteiger partial charge in [-0.25, -0.2) is 9.59 Å². The molecule has 6 heteroatoms. The molecule has 0 aromatic heterocycles. The average molecular weight is 450 g/mol. The molecule has 0 bridgehead atoms. The lowest BCUT2D eigenvalue weighted by molar-refractivity contribution is -0.166. The van der Waals surface area contributed by atoms with Gasteiger partial charge in [0.25, 0.3) is 0 Å². The van der Waals surface area contributed by atoms with Gasteiger partial charge >= 0.3 is 12.1 Å². The Hall–Kier alpha value is -3.30. The molecule has 1 aliphatic heterocycles. The molecule has 6 nitrogen and oxygen atoms in total. The summed E-state index contributed by atoms with van der Waals surface area (Å²) in [4.78, 5) is 26.1. The summed E-state index contributed by atoms with van der Waals surface area (Å²) in [5.41, 5.74) is 5.09. The van der Waals surface area contributed by atoms with Crippen molar-refractivity contribution in [3.63, 3.8) is 0 Å². The molecule has 0 spiro atoms. The highest BCUT2D eigenvalue weighted by molar-refractivity contribution is 5.80. The maximum absolute atomic E-state index is 13.1. The van der Waals surface area contributed by atoms with Gasteiger partial charge in [-0.15, -0.1) is 0 Å². The SMILES string of the molecule is CCOC(=O)[C@@H](OC(C)(C)C)c1c(C)c2c(c(C)c1C#Cc1ccccc1)CN(C(=O)O)C2. The highest BCUT2D eigenvalue weighted by Crippen LogP contribution is 2.39. The number of fused-ring (bicyclic) bond motifs is 1. The molecule has 0 unspecified atom stereocenters. The Kier molecular flexibility index (Phi) is 7.14. The summed E-state index contributed by atoms with van der Waals surface area (Å²) >= 11 is 0.